The maximum absolute atomic E-state index is 12.3. The predicted molar refractivity (Wildman–Crippen MR) is 88.9 cm³/mol. The van der Waals surface area contributed by atoms with Crippen molar-refractivity contribution in [2.45, 2.75) is 59.5 Å². The third kappa shape index (κ3) is 4.33. The Morgan fingerprint density at radius 3 is 2.74 bits per heavy atom. The summed E-state index contributed by atoms with van der Waals surface area (Å²) in [6.07, 6.45) is 2.50. The van der Waals surface area contributed by atoms with Gasteiger partial charge in [-0.3, -0.25) is 14.3 Å². The average molecular weight is 320 g/mol. The second kappa shape index (κ2) is 7.62. The molecule has 1 aromatic rings. The molecular formula is C17H28N4O2. The van der Waals surface area contributed by atoms with Gasteiger partial charge in [0.25, 0.3) is 0 Å². The van der Waals surface area contributed by atoms with Crippen molar-refractivity contribution >= 4 is 11.8 Å². The molecule has 0 aromatic carbocycles. The SMILES string of the molecule is Cc1cc(C)n(CCCNC(=O)C2CCCN2C(=O)C(C)C)n1. The van der Waals surface area contributed by atoms with Gasteiger partial charge in [-0.05, 0) is 39.2 Å². The van der Waals surface area contributed by atoms with Crippen molar-refractivity contribution < 1.29 is 9.59 Å². The molecule has 0 spiro atoms. The van der Waals surface area contributed by atoms with E-state index < -0.39 is 0 Å². The number of hydrogen-bond donors (Lipinski definition) is 1. The molecule has 1 aliphatic heterocycles. The topological polar surface area (TPSA) is 67.2 Å². The van der Waals surface area contributed by atoms with Crippen LogP contribution in [0.15, 0.2) is 6.07 Å². The van der Waals surface area contributed by atoms with Gasteiger partial charge in [0.05, 0.1) is 5.69 Å². The Labute approximate surface area is 138 Å². The summed E-state index contributed by atoms with van der Waals surface area (Å²) in [5, 5.41) is 7.38. The van der Waals surface area contributed by atoms with Crippen molar-refractivity contribution in [3.05, 3.63) is 17.5 Å². The van der Waals surface area contributed by atoms with Gasteiger partial charge in [0, 0.05) is 31.2 Å². The zero-order valence-electron chi connectivity index (χ0n) is 14.6. The fourth-order valence-electron chi connectivity index (χ4n) is 3.09. The quantitative estimate of drug-likeness (QED) is 0.811. The molecule has 2 amide bonds. The molecule has 6 heteroatoms. The standard InChI is InChI=1S/C17H28N4O2/c1-12(2)17(23)20-9-5-7-15(20)16(22)18-8-6-10-21-14(4)11-13(3)19-21/h11-12,15H,5-10H2,1-4H3,(H,18,22). The molecule has 1 aliphatic rings. The van der Waals surface area contributed by atoms with Crippen molar-refractivity contribution in [2.75, 3.05) is 13.1 Å². The van der Waals surface area contributed by atoms with E-state index in [-0.39, 0.29) is 23.8 Å². The Morgan fingerprint density at radius 1 is 1.39 bits per heavy atom. The van der Waals surface area contributed by atoms with Crippen LogP contribution in [0.3, 0.4) is 0 Å². The van der Waals surface area contributed by atoms with Gasteiger partial charge in [-0.15, -0.1) is 0 Å². The number of carbonyl (C=O) groups is 2. The van der Waals surface area contributed by atoms with Gasteiger partial charge in [-0.2, -0.15) is 5.10 Å². The lowest BCUT2D eigenvalue weighted by atomic mass is 10.1. The van der Waals surface area contributed by atoms with Gasteiger partial charge in [-0.1, -0.05) is 13.8 Å². The lowest BCUT2D eigenvalue weighted by Gasteiger charge is -2.25. The third-order valence-corrected chi connectivity index (χ3v) is 4.28. The van der Waals surface area contributed by atoms with Crippen LogP contribution in [0.25, 0.3) is 0 Å². The first-order valence-electron chi connectivity index (χ1n) is 8.49. The van der Waals surface area contributed by atoms with Crippen LogP contribution in [0.5, 0.6) is 0 Å². The van der Waals surface area contributed by atoms with Crippen LogP contribution < -0.4 is 5.32 Å². The first kappa shape index (κ1) is 17.5. The van der Waals surface area contributed by atoms with E-state index in [1.165, 1.54) is 0 Å². The van der Waals surface area contributed by atoms with Gasteiger partial charge in [0.15, 0.2) is 0 Å². The number of hydrogen-bond acceptors (Lipinski definition) is 3. The van der Waals surface area contributed by atoms with Crippen molar-refractivity contribution in [2.24, 2.45) is 5.92 Å². The number of nitrogens with zero attached hydrogens (tertiary/aromatic N) is 3. The molecule has 1 fully saturated rings. The highest BCUT2D eigenvalue weighted by atomic mass is 16.2. The molecule has 1 saturated heterocycles. The molecule has 6 nitrogen and oxygen atoms in total. The Morgan fingerprint density at radius 2 is 2.13 bits per heavy atom. The van der Waals surface area contributed by atoms with E-state index >= 15 is 0 Å². The fourth-order valence-corrected chi connectivity index (χ4v) is 3.09. The van der Waals surface area contributed by atoms with E-state index in [1.807, 2.05) is 38.4 Å². The molecule has 1 aromatic heterocycles. The Kier molecular flexibility index (Phi) is 5.80. The second-order valence-corrected chi connectivity index (χ2v) is 6.64. The molecule has 1 N–H and O–H groups in total. The van der Waals surface area contributed by atoms with E-state index in [1.54, 1.807) is 4.90 Å². The van der Waals surface area contributed by atoms with Crippen LogP contribution in [0, 0.1) is 19.8 Å². The Balaban J connectivity index is 1.78. The van der Waals surface area contributed by atoms with E-state index in [2.05, 4.69) is 10.4 Å². The van der Waals surface area contributed by atoms with Crippen molar-refractivity contribution in [3.8, 4) is 0 Å². The van der Waals surface area contributed by atoms with E-state index in [9.17, 15) is 9.59 Å². The molecule has 0 aliphatic carbocycles. The third-order valence-electron chi connectivity index (χ3n) is 4.28. The van der Waals surface area contributed by atoms with Crippen LogP contribution in [-0.4, -0.2) is 45.6 Å². The van der Waals surface area contributed by atoms with Crippen LogP contribution in [-0.2, 0) is 16.1 Å². The molecule has 1 unspecified atom stereocenters. The molecule has 0 bridgehead atoms. The minimum Gasteiger partial charge on any atom is -0.354 e. The van der Waals surface area contributed by atoms with Crippen molar-refractivity contribution in [1.82, 2.24) is 20.0 Å². The number of aromatic nitrogens is 2. The Bertz CT molecular complexity index is 565. The summed E-state index contributed by atoms with van der Waals surface area (Å²) in [6.45, 7) is 9.86. The average Bonchev–Trinajstić information content (AvgIpc) is 3.09. The van der Waals surface area contributed by atoms with Gasteiger partial charge < -0.3 is 10.2 Å². The van der Waals surface area contributed by atoms with Crippen LogP contribution in [0.1, 0.15) is 44.5 Å². The highest BCUT2D eigenvalue weighted by Crippen LogP contribution is 2.19. The number of aryl methyl sites for hydroxylation is 3. The van der Waals surface area contributed by atoms with Gasteiger partial charge in [0.1, 0.15) is 6.04 Å². The fraction of sp³-hybridized carbons (Fsp3) is 0.706. The summed E-state index contributed by atoms with van der Waals surface area (Å²) >= 11 is 0. The van der Waals surface area contributed by atoms with Gasteiger partial charge in [-0.25, -0.2) is 0 Å². The second-order valence-electron chi connectivity index (χ2n) is 6.64. The molecule has 128 valence electrons. The maximum atomic E-state index is 12.3. The molecule has 2 heterocycles. The summed E-state index contributed by atoms with van der Waals surface area (Å²) in [6, 6.07) is 1.76. The van der Waals surface area contributed by atoms with E-state index in [0.29, 0.717) is 13.1 Å². The number of rotatable bonds is 6. The molecule has 2 rings (SSSR count). The number of carbonyl (C=O) groups excluding carboxylic acids is 2. The van der Waals surface area contributed by atoms with E-state index in [0.717, 1.165) is 37.2 Å². The van der Waals surface area contributed by atoms with Crippen molar-refractivity contribution in [1.29, 1.82) is 0 Å². The summed E-state index contributed by atoms with van der Waals surface area (Å²) in [5.74, 6) is -0.00964. The lowest BCUT2D eigenvalue weighted by molar-refractivity contribution is -0.140. The van der Waals surface area contributed by atoms with Crippen LogP contribution in [0.4, 0.5) is 0 Å². The number of likely N-dealkylation sites (tertiary alicyclic amines) is 1. The summed E-state index contributed by atoms with van der Waals surface area (Å²) in [5.41, 5.74) is 2.15. The molecule has 0 saturated carbocycles. The molecular weight excluding hydrogens is 292 g/mol. The van der Waals surface area contributed by atoms with Gasteiger partial charge >= 0.3 is 0 Å². The zero-order valence-corrected chi connectivity index (χ0v) is 14.6. The monoisotopic (exact) mass is 320 g/mol. The maximum Gasteiger partial charge on any atom is 0.242 e. The Hall–Kier alpha value is -1.85. The summed E-state index contributed by atoms with van der Waals surface area (Å²) < 4.78 is 1.96. The normalized spacial score (nSPS) is 17.8. The molecule has 0 radical (unpaired) electrons. The number of nitrogens with one attached hydrogen (secondary N) is 1. The van der Waals surface area contributed by atoms with Gasteiger partial charge in [0.2, 0.25) is 11.8 Å². The minimum atomic E-state index is -0.293. The minimum absolute atomic E-state index is 0.0233. The highest BCUT2D eigenvalue weighted by Gasteiger charge is 2.34. The molecule has 23 heavy (non-hydrogen) atoms. The highest BCUT2D eigenvalue weighted by molar-refractivity contribution is 5.88. The summed E-state index contributed by atoms with van der Waals surface area (Å²) in [7, 11) is 0. The smallest absolute Gasteiger partial charge is 0.242 e. The first-order chi connectivity index (χ1) is 10.9. The van der Waals surface area contributed by atoms with E-state index in [4.69, 9.17) is 0 Å². The number of amides is 2. The predicted octanol–water partition coefficient (Wildman–Crippen LogP) is 1.65. The van der Waals surface area contributed by atoms with Crippen LogP contribution in [0.2, 0.25) is 0 Å². The largest absolute Gasteiger partial charge is 0.354 e. The summed E-state index contributed by atoms with van der Waals surface area (Å²) in [4.78, 5) is 26.2. The van der Waals surface area contributed by atoms with Crippen LogP contribution >= 0.6 is 0 Å². The lowest BCUT2D eigenvalue weighted by Crippen LogP contribution is -2.47. The molecule has 1 atom stereocenters. The van der Waals surface area contributed by atoms with Crippen molar-refractivity contribution in [3.63, 3.8) is 0 Å². The zero-order chi connectivity index (χ0) is 17.0. The first-order valence-corrected chi connectivity index (χ1v) is 8.49.